The Labute approximate surface area is 257 Å². The lowest BCUT2D eigenvalue weighted by Crippen LogP contribution is -2.02. The molecule has 216 valence electrons. The number of rotatable bonds is 10. The molecule has 5 nitrogen and oxygen atoms in total. The number of nitrogen functional groups attached to an aromatic ring is 2. The normalized spacial score (nSPS) is 10.7. The van der Waals surface area contributed by atoms with Crippen molar-refractivity contribution in [2.24, 2.45) is 0 Å². The highest BCUT2D eigenvalue weighted by Gasteiger charge is 2.10. The summed E-state index contributed by atoms with van der Waals surface area (Å²) in [5.74, 6) is 3.03. The van der Waals surface area contributed by atoms with Crippen molar-refractivity contribution < 1.29 is 14.3 Å². The molecular weight excluding hydrogens is 544 g/mol. The number of nitrogens with two attached hydrogens (primary N) is 2. The number of anilines is 2. The maximum absolute atomic E-state index is 13.2. The summed E-state index contributed by atoms with van der Waals surface area (Å²) in [5.41, 5.74) is 18.8. The molecular formula is C39H32N2O3. The highest BCUT2D eigenvalue weighted by atomic mass is 16.5. The van der Waals surface area contributed by atoms with Crippen molar-refractivity contribution in [3.8, 4) is 23.0 Å². The molecule has 0 saturated carbocycles. The van der Waals surface area contributed by atoms with Crippen LogP contribution in [0.15, 0.2) is 146 Å². The van der Waals surface area contributed by atoms with Gasteiger partial charge in [0.25, 0.3) is 0 Å². The summed E-state index contributed by atoms with van der Waals surface area (Å²) in [7, 11) is 0. The predicted molar refractivity (Wildman–Crippen MR) is 177 cm³/mol. The second kappa shape index (κ2) is 13.0. The van der Waals surface area contributed by atoms with Gasteiger partial charge in [-0.25, -0.2) is 0 Å². The molecule has 0 aromatic heterocycles. The first-order chi connectivity index (χ1) is 21.5. The lowest BCUT2D eigenvalue weighted by Gasteiger charge is -2.09. The van der Waals surface area contributed by atoms with Crippen LogP contribution in [0.2, 0.25) is 0 Å². The molecule has 4 N–H and O–H groups in total. The zero-order valence-corrected chi connectivity index (χ0v) is 24.2. The standard InChI is InChI=1S/C39H32N2O3/c40-33-13-21-37(22-14-33)43-35-17-5-29(6-18-35)25-27-1-9-31(10-2-27)39(42)32-11-3-28(4-12-32)26-30-7-19-36(20-8-30)44-38-23-15-34(41)16-24-38/h1-24H,25-26,40-41H2. The van der Waals surface area contributed by atoms with E-state index in [0.717, 1.165) is 58.1 Å². The van der Waals surface area contributed by atoms with Gasteiger partial charge in [-0.05, 0) is 108 Å². The molecule has 5 heteroatoms. The molecule has 0 spiro atoms. The van der Waals surface area contributed by atoms with E-state index in [1.54, 1.807) is 0 Å². The largest absolute Gasteiger partial charge is 0.457 e. The number of hydrogen-bond donors (Lipinski definition) is 2. The van der Waals surface area contributed by atoms with Crippen molar-refractivity contribution >= 4 is 17.2 Å². The molecule has 0 aliphatic rings. The zero-order valence-electron chi connectivity index (χ0n) is 24.2. The molecule has 0 unspecified atom stereocenters. The molecule has 44 heavy (non-hydrogen) atoms. The van der Waals surface area contributed by atoms with E-state index in [4.69, 9.17) is 20.9 Å². The first kappa shape index (κ1) is 28.3. The van der Waals surface area contributed by atoms with E-state index >= 15 is 0 Å². The van der Waals surface area contributed by atoms with Crippen molar-refractivity contribution in [2.75, 3.05) is 11.5 Å². The predicted octanol–water partition coefficient (Wildman–Crippen LogP) is 8.85. The van der Waals surface area contributed by atoms with E-state index in [0.29, 0.717) is 22.5 Å². The Bertz CT molecular complexity index is 1690. The van der Waals surface area contributed by atoms with Gasteiger partial charge in [-0.2, -0.15) is 0 Å². The molecule has 6 aromatic rings. The number of benzene rings is 6. The van der Waals surface area contributed by atoms with Crippen molar-refractivity contribution in [1.29, 1.82) is 0 Å². The van der Waals surface area contributed by atoms with Crippen LogP contribution in [0.1, 0.15) is 38.2 Å². The van der Waals surface area contributed by atoms with Gasteiger partial charge in [0.2, 0.25) is 0 Å². The summed E-state index contributed by atoms with van der Waals surface area (Å²) >= 11 is 0. The lowest BCUT2D eigenvalue weighted by molar-refractivity contribution is 0.103. The van der Waals surface area contributed by atoms with Crippen molar-refractivity contribution in [2.45, 2.75) is 12.8 Å². The monoisotopic (exact) mass is 576 g/mol. The summed E-state index contributed by atoms with van der Waals surface area (Å²) in [6, 6.07) is 46.4. The van der Waals surface area contributed by atoms with Crippen LogP contribution >= 0.6 is 0 Å². The zero-order chi connectivity index (χ0) is 30.3. The Hall–Kier alpha value is -5.81. The van der Waals surface area contributed by atoms with Gasteiger partial charge in [-0.1, -0.05) is 72.8 Å². The second-order valence-electron chi connectivity index (χ2n) is 10.7. The fourth-order valence-electron chi connectivity index (χ4n) is 4.88. The second-order valence-corrected chi connectivity index (χ2v) is 10.7. The van der Waals surface area contributed by atoms with Crippen LogP contribution in [0, 0.1) is 0 Å². The van der Waals surface area contributed by atoms with Gasteiger partial charge < -0.3 is 20.9 Å². The molecule has 0 fully saturated rings. The van der Waals surface area contributed by atoms with Gasteiger partial charge in [-0.3, -0.25) is 4.79 Å². The molecule has 0 amide bonds. The van der Waals surface area contributed by atoms with Crippen molar-refractivity contribution in [3.05, 3.63) is 179 Å². The minimum absolute atomic E-state index is 0.0106. The highest BCUT2D eigenvalue weighted by Crippen LogP contribution is 2.25. The van der Waals surface area contributed by atoms with Crippen molar-refractivity contribution in [1.82, 2.24) is 0 Å². The quantitative estimate of drug-likeness (QED) is 0.126. The Balaban J connectivity index is 1.02. The maximum atomic E-state index is 13.2. The maximum Gasteiger partial charge on any atom is 0.193 e. The SMILES string of the molecule is Nc1ccc(Oc2ccc(Cc3ccc(C(=O)c4ccc(Cc5ccc(Oc6ccc(N)cc6)cc5)cc4)cc3)cc2)cc1. The van der Waals surface area contributed by atoms with Gasteiger partial charge in [0.1, 0.15) is 23.0 Å². The third-order valence-corrected chi connectivity index (χ3v) is 7.33. The van der Waals surface area contributed by atoms with Gasteiger partial charge in [0.15, 0.2) is 5.78 Å². The first-order valence-electron chi connectivity index (χ1n) is 14.4. The minimum Gasteiger partial charge on any atom is -0.457 e. The van der Waals surface area contributed by atoms with Crippen LogP contribution in [0.25, 0.3) is 0 Å². The molecule has 0 atom stereocenters. The minimum atomic E-state index is 0.0106. The number of carbonyl (C=O) groups excluding carboxylic acids is 1. The first-order valence-corrected chi connectivity index (χ1v) is 14.4. The Morgan fingerprint density at radius 2 is 0.636 bits per heavy atom. The molecule has 0 heterocycles. The summed E-state index contributed by atoms with van der Waals surface area (Å²) in [5, 5.41) is 0. The third-order valence-electron chi connectivity index (χ3n) is 7.33. The summed E-state index contributed by atoms with van der Waals surface area (Å²) < 4.78 is 11.8. The molecule has 0 bridgehead atoms. The smallest absolute Gasteiger partial charge is 0.193 e. The lowest BCUT2D eigenvalue weighted by atomic mass is 9.97. The molecule has 0 saturated heterocycles. The summed E-state index contributed by atoms with van der Waals surface area (Å²) in [6.07, 6.45) is 1.53. The van der Waals surface area contributed by atoms with Crippen LogP contribution in [0.4, 0.5) is 11.4 Å². The van der Waals surface area contributed by atoms with E-state index < -0.39 is 0 Å². The van der Waals surface area contributed by atoms with E-state index in [-0.39, 0.29) is 5.78 Å². The Morgan fingerprint density at radius 1 is 0.386 bits per heavy atom. The number of ether oxygens (including phenoxy) is 2. The molecule has 0 aliphatic heterocycles. The van der Waals surface area contributed by atoms with E-state index in [2.05, 4.69) is 24.3 Å². The number of ketones is 1. The average Bonchev–Trinajstić information content (AvgIpc) is 3.05. The van der Waals surface area contributed by atoms with Crippen LogP contribution in [0.5, 0.6) is 23.0 Å². The van der Waals surface area contributed by atoms with Gasteiger partial charge in [0, 0.05) is 22.5 Å². The van der Waals surface area contributed by atoms with E-state index in [1.165, 1.54) is 0 Å². The van der Waals surface area contributed by atoms with Crippen LogP contribution in [-0.4, -0.2) is 5.78 Å². The van der Waals surface area contributed by atoms with Gasteiger partial charge >= 0.3 is 0 Å². The van der Waals surface area contributed by atoms with Gasteiger partial charge in [0.05, 0.1) is 0 Å². The third kappa shape index (κ3) is 7.33. The topological polar surface area (TPSA) is 87.6 Å². The molecule has 6 aromatic carbocycles. The average molecular weight is 577 g/mol. The van der Waals surface area contributed by atoms with Crippen LogP contribution < -0.4 is 20.9 Å². The van der Waals surface area contributed by atoms with Gasteiger partial charge in [-0.15, -0.1) is 0 Å². The fraction of sp³-hybridized carbons (Fsp3) is 0.0513. The van der Waals surface area contributed by atoms with E-state index in [9.17, 15) is 4.79 Å². The number of hydrogen-bond acceptors (Lipinski definition) is 5. The Morgan fingerprint density at radius 3 is 0.932 bits per heavy atom. The van der Waals surface area contributed by atoms with E-state index in [1.807, 2.05) is 121 Å². The van der Waals surface area contributed by atoms with Crippen LogP contribution in [-0.2, 0) is 12.8 Å². The van der Waals surface area contributed by atoms with Crippen LogP contribution in [0.3, 0.4) is 0 Å². The highest BCUT2D eigenvalue weighted by molar-refractivity contribution is 6.09. The molecule has 0 radical (unpaired) electrons. The molecule has 0 aliphatic carbocycles. The number of carbonyl (C=O) groups is 1. The Kier molecular flexibility index (Phi) is 8.37. The summed E-state index contributed by atoms with van der Waals surface area (Å²) in [6.45, 7) is 0. The fourth-order valence-corrected chi connectivity index (χ4v) is 4.88. The molecule has 6 rings (SSSR count). The van der Waals surface area contributed by atoms with Crippen molar-refractivity contribution in [3.63, 3.8) is 0 Å². The summed E-state index contributed by atoms with van der Waals surface area (Å²) in [4.78, 5) is 13.2.